The molecule has 0 spiro atoms. The van der Waals surface area contributed by atoms with Crippen LogP contribution in [0, 0.1) is 40.5 Å². The quantitative estimate of drug-likeness (QED) is 0.00752. The number of aromatic nitrogens is 5. The Kier molecular flexibility index (Phi) is 34.9. The molecule has 9 aromatic heterocycles. The van der Waals surface area contributed by atoms with E-state index in [9.17, 15) is 50.4 Å². The summed E-state index contributed by atoms with van der Waals surface area (Å²) in [6.07, 6.45) is 2.34. The van der Waals surface area contributed by atoms with Gasteiger partial charge >= 0.3 is 0 Å². The van der Waals surface area contributed by atoms with Gasteiger partial charge in [0, 0.05) is 81.0 Å². The number of aliphatic hydroxyl groups is 1. The number of methoxy groups -OCH3 is 1. The number of nitrogens with zero attached hydrogens (tertiary/aromatic N) is 9. The number of carbonyl (C=O) groups is 1. The lowest BCUT2D eigenvalue weighted by Crippen LogP contribution is -2.34. The Labute approximate surface area is 753 Å². The third-order valence-electron chi connectivity index (χ3n) is 17.3. The minimum Gasteiger partial charge on any atom is -0.496 e. The molecule has 0 bridgehead atoms. The zero-order chi connectivity index (χ0) is 84.3. The third-order valence-corrected chi connectivity index (χ3v) is 26.4. The standard InChI is InChI=1S/C25H20N4O3S3.2C16H14N4O2S3.C15H13N3O2S2.C9H9BrO2.BrH/c30-13-17-4-1-2-5-19(17)21-14-35-25(28-21)27-20(12-16-7-9-18(10-8-16)29(31)32)22-15-34-24(26-22)23-6-3-11-33-23;2*17-16(23)19-12(8-10-3-5-11(6-4-10)20(21)22)13-9-25-15(18-13)14-2-1-7-24-14;16-12(8-10-3-5-11(6-4-10)18(19)20)13-9-22-15(17-13)14-2-1-7-21-14;1-12-9-5-3-2-4-7(9)8(11)6-10;/h1-11,14-15,20,30H,12-13H2,(H,27,28);2*1-7,9,12H,8H2,(H3,17,19,23);1-7,9,12H,8,16H2;2-5H,6H2,1H3;1H/t20-;3*12-;;/m0000../s1. The van der Waals surface area contributed by atoms with E-state index in [1.807, 2.05) is 127 Å². The average Bonchev–Trinajstić information content (AvgIpc) is 2.06. The largest absolute Gasteiger partial charge is 0.496 e. The maximum Gasteiger partial charge on any atom is 0.269 e. The predicted molar refractivity (Wildman–Crippen MR) is 502 cm³/mol. The summed E-state index contributed by atoms with van der Waals surface area (Å²) in [4.78, 5) is 81.0. The Balaban J connectivity index is 0.000000162. The van der Waals surface area contributed by atoms with Crippen LogP contribution in [0.4, 0.5) is 27.9 Å². The van der Waals surface area contributed by atoms with E-state index in [0.29, 0.717) is 42.3 Å². The van der Waals surface area contributed by atoms with Gasteiger partial charge in [0.25, 0.3) is 22.7 Å². The number of hydrogen-bond acceptors (Lipinski definition) is 29. The second-order valence-electron chi connectivity index (χ2n) is 25.3. The molecule has 0 unspecified atom stereocenters. The zero-order valence-electron chi connectivity index (χ0n) is 62.8. The molecule has 0 aliphatic heterocycles. The molecule has 0 saturated heterocycles. The first-order chi connectivity index (χ1) is 57.6. The van der Waals surface area contributed by atoms with E-state index >= 15 is 0 Å². The minimum absolute atomic E-state index is 0. The van der Waals surface area contributed by atoms with Crippen molar-refractivity contribution in [3.05, 3.63) is 339 Å². The molecule has 120 heavy (non-hydrogen) atoms. The Bertz CT molecular complexity index is 5670. The SMILES string of the molecule is Br.COc1ccccc1C(=O)CBr.NC(=S)N[C@@H](Cc1ccc([N+](=O)[O-])cc1)c1csc(-c2cccs2)n1.NC(=S)N[C@@H](Cc1ccc([N+](=O)[O-])cc1)c1csc(-c2cccs2)n1.N[C@@H](Cc1ccc([N+](=O)[O-])cc1)c1csc(-c2cccs2)n1.O=[N+]([O-])c1ccc(C[C@H](Nc2nc(-c3ccccc3CO)cs2)c2csc(-c3cccs3)n2)cc1. The molecule has 15 aromatic rings. The van der Waals surface area contributed by atoms with Gasteiger partial charge in [-0.3, -0.25) is 45.3 Å². The van der Waals surface area contributed by atoms with Gasteiger partial charge in [-0.05, 0) is 136 Å². The van der Waals surface area contributed by atoms with Gasteiger partial charge in [0.2, 0.25) is 0 Å². The van der Waals surface area contributed by atoms with E-state index < -0.39 is 19.7 Å². The van der Waals surface area contributed by atoms with Crippen LogP contribution < -0.4 is 37.9 Å². The summed E-state index contributed by atoms with van der Waals surface area (Å²) in [6, 6.07) is 56.2. The second-order valence-corrected chi connectivity index (χ2v) is 34.8. The van der Waals surface area contributed by atoms with Crippen molar-refractivity contribution < 1.29 is 34.3 Å². The van der Waals surface area contributed by atoms with Crippen LogP contribution in [0.2, 0.25) is 0 Å². The number of nitro benzene ring substituents is 4. The lowest BCUT2D eigenvalue weighted by molar-refractivity contribution is -0.385. The number of ketones is 1. The van der Waals surface area contributed by atoms with Crippen LogP contribution >= 0.6 is 159 Å². The number of carbonyl (C=O) groups excluding carboxylic acids is 1. The topological polar surface area (TPSA) is 398 Å². The number of para-hydroxylation sites is 1. The highest BCUT2D eigenvalue weighted by Gasteiger charge is 2.24. The number of rotatable bonds is 29. The van der Waals surface area contributed by atoms with Gasteiger partial charge in [0.05, 0.1) is 116 Å². The van der Waals surface area contributed by atoms with Crippen molar-refractivity contribution >= 4 is 203 Å². The normalized spacial score (nSPS) is 11.6. The van der Waals surface area contributed by atoms with Gasteiger partial charge in [-0.15, -0.1) is 119 Å². The van der Waals surface area contributed by atoms with Crippen LogP contribution in [0.5, 0.6) is 5.75 Å². The lowest BCUT2D eigenvalue weighted by atomic mass is 10.0. The summed E-state index contributed by atoms with van der Waals surface area (Å²) in [5, 5.41) is 85.9. The molecule has 0 aliphatic rings. The number of benzene rings is 6. The van der Waals surface area contributed by atoms with Gasteiger partial charge in [-0.1, -0.05) is 125 Å². The van der Waals surface area contributed by atoms with Crippen LogP contribution in [-0.4, -0.2) is 78.2 Å². The number of hydrogen-bond donors (Lipinski definition) is 7. The Morgan fingerprint density at radius 3 is 1.17 bits per heavy atom. The van der Waals surface area contributed by atoms with Crippen molar-refractivity contribution in [2.24, 2.45) is 17.2 Å². The van der Waals surface area contributed by atoms with E-state index in [1.54, 1.807) is 158 Å². The second kappa shape index (κ2) is 45.7. The summed E-state index contributed by atoms with van der Waals surface area (Å²) in [6.45, 7) is -0.0520. The number of aliphatic hydroxyl groups excluding tert-OH is 1. The first-order valence-electron chi connectivity index (χ1n) is 35.5. The first-order valence-corrected chi connectivity index (χ1v) is 45.4. The Hall–Kier alpha value is -10.6. The molecule has 0 aliphatic carbocycles. The van der Waals surface area contributed by atoms with Crippen LogP contribution in [0.25, 0.3) is 50.8 Å². The molecular weight excluding hydrogens is 1870 g/mol. The molecule has 0 amide bonds. The molecule has 10 N–H and O–H groups in total. The zero-order valence-corrected chi connectivity index (χ0v) is 75.1. The van der Waals surface area contributed by atoms with E-state index in [0.717, 1.165) is 107 Å². The van der Waals surface area contributed by atoms with Crippen LogP contribution in [0.1, 0.15) is 85.1 Å². The summed E-state index contributed by atoms with van der Waals surface area (Å²) in [5.41, 5.74) is 28.2. The maximum absolute atomic E-state index is 11.3. The number of alkyl halides is 1. The van der Waals surface area contributed by atoms with Crippen LogP contribution in [0.3, 0.4) is 0 Å². The fourth-order valence-electron chi connectivity index (χ4n) is 11.4. The fraction of sp³-hybridized carbons (Fsp3) is 0.136. The van der Waals surface area contributed by atoms with Gasteiger partial charge < -0.3 is 43.0 Å². The summed E-state index contributed by atoms with van der Waals surface area (Å²) < 4.78 is 5.03. The number of ether oxygens (including phenoxy) is 1. The molecule has 6 aromatic carbocycles. The maximum atomic E-state index is 11.3. The van der Waals surface area contributed by atoms with E-state index in [1.165, 1.54) is 59.9 Å². The van der Waals surface area contributed by atoms with E-state index in [2.05, 4.69) is 42.9 Å². The number of non-ortho nitro benzene ring substituents is 4. The number of thiocarbonyl (C=S) groups is 2. The average molecular weight is 1940 g/mol. The summed E-state index contributed by atoms with van der Waals surface area (Å²) in [7, 11) is 1.56. The monoisotopic (exact) mass is 1940 g/mol. The predicted octanol–water partition coefficient (Wildman–Crippen LogP) is 21.5. The number of Topliss-reactive ketones (excluding diaryl/α,β-unsaturated/α-hetero) is 1. The smallest absolute Gasteiger partial charge is 0.269 e. The number of halogens is 2. The number of nitrogens with two attached hydrogens (primary N) is 3. The first kappa shape index (κ1) is 91.7. The highest BCUT2D eigenvalue weighted by molar-refractivity contribution is 9.09. The molecule has 0 fully saturated rings. The van der Waals surface area contributed by atoms with Gasteiger partial charge in [-0.2, -0.15) is 0 Å². The minimum atomic E-state index is -0.414. The van der Waals surface area contributed by atoms with E-state index in [-0.39, 0.29) is 86.5 Å². The van der Waals surface area contributed by atoms with Gasteiger partial charge in [0.1, 0.15) is 25.8 Å². The van der Waals surface area contributed by atoms with Crippen molar-refractivity contribution in [2.45, 2.75) is 56.5 Å². The molecule has 15 rings (SSSR count). The van der Waals surface area contributed by atoms with E-state index in [4.69, 9.17) is 66.3 Å². The van der Waals surface area contributed by atoms with Crippen molar-refractivity contribution in [1.29, 1.82) is 0 Å². The van der Waals surface area contributed by atoms with Crippen molar-refractivity contribution in [1.82, 2.24) is 35.6 Å². The number of thiazole rings is 5. The lowest BCUT2D eigenvalue weighted by Gasteiger charge is -2.17. The summed E-state index contributed by atoms with van der Waals surface area (Å²) >= 11 is 27.5. The molecule has 9 heterocycles. The van der Waals surface area contributed by atoms with Crippen LogP contribution in [-0.2, 0) is 32.3 Å². The molecule has 26 nitrogen and oxygen atoms in total. The third kappa shape index (κ3) is 26.5. The van der Waals surface area contributed by atoms with Crippen molar-refractivity contribution in [3.63, 3.8) is 0 Å². The molecule has 4 atom stereocenters. The number of anilines is 1. The molecule has 39 heteroatoms. The molecular formula is C81H71Br2N15O11S11. The fourth-order valence-corrected chi connectivity index (χ4v) is 19.5. The van der Waals surface area contributed by atoms with Crippen molar-refractivity contribution in [2.75, 3.05) is 17.8 Å². The molecule has 616 valence electrons. The summed E-state index contributed by atoms with van der Waals surface area (Å²) in [5.74, 6) is 0.661. The Morgan fingerprint density at radius 2 is 0.808 bits per heavy atom. The van der Waals surface area contributed by atoms with Crippen LogP contribution in [0.15, 0.2) is 243 Å². The highest BCUT2D eigenvalue weighted by Crippen LogP contribution is 2.38. The Morgan fingerprint density at radius 1 is 0.458 bits per heavy atom. The van der Waals surface area contributed by atoms with Gasteiger partial charge in [0.15, 0.2) is 21.1 Å². The van der Waals surface area contributed by atoms with Gasteiger partial charge in [-0.25, -0.2) is 24.9 Å². The highest BCUT2D eigenvalue weighted by atomic mass is 79.9. The molecule has 0 radical (unpaired) electrons. The van der Waals surface area contributed by atoms with Crippen molar-refractivity contribution in [3.8, 4) is 56.5 Å². The number of nitro groups is 4. The number of nitrogens with one attached hydrogen (secondary N) is 3. The molecule has 0 saturated carbocycles. The number of thiophene rings is 4.